The van der Waals surface area contributed by atoms with Crippen molar-refractivity contribution in [2.75, 3.05) is 38.1 Å². The first-order valence-corrected chi connectivity index (χ1v) is 19.6. The molecule has 10 heteroatoms. The lowest BCUT2D eigenvalue weighted by Gasteiger charge is -2.16. The van der Waals surface area contributed by atoms with Gasteiger partial charge in [-0.2, -0.15) is 0 Å². The van der Waals surface area contributed by atoms with E-state index >= 15 is 0 Å². The molecule has 10 nitrogen and oxygen atoms in total. The largest absolute Gasteiger partial charge is 0.495 e. The number of aromatic nitrogens is 2. The molecule has 6 aromatic carbocycles. The van der Waals surface area contributed by atoms with Gasteiger partial charge in [0, 0.05) is 21.9 Å². The van der Waals surface area contributed by atoms with Crippen LogP contribution in [0.15, 0.2) is 146 Å². The molecular weight excluding hydrogens is 753 g/mol. The predicted octanol–water partition coefficient (Wildman–Crippen LogP) is 11.1. The summed E-state index contributed by atoms with van der Waals surface area (Å²) in [6.07, 6.45) is 0. The zero-order valence-electron chi connectivity index (χ0n) is 33.6. The number of nitrogens with one attached hydrogen (secondary N) is 2. The first-order chi connectivity index (χ1) is 29.3. The van der Waals surface area contributed by atoms with E-state index in [1.165, 1.54) is 0 Å². The zero-order valence-corrected chi connectivity index (χ0v) is 33.6. The normalized spacial score (nSPS) is 10.9. The molecule has 0 aliphatic rings. The van der Waals surface area contributed by atoms with Crippen LogP contribution in [0, 0.1) is 0 Å². The van der Waals surface area contributed by atoms with Crippen molar-refractivity contribution in [2.45, 2.75) is 13.8 Å². The Kier molecular flexibility index (Phi) is 11.4. The first kappa shape index (κ1) is 39.1. The Hall–Kier alpha value is -7.72. The molecule has 2 N–H and O–H groups in total. The third-order valence-electron chi connectivity index (χ3n) is 10.1. The Bertz CT molecular complexity index is 2660. The highest BCUT2D eigenvalue weighted by Gasteiger charge is 2.19. The Morgan fingerprint density at radius 3 is 1.25 bits per heavy atom. The van der Waals surface area contributed by atoms with Crippen molar-refractivity contribution in [3.63, 3.8) is 0 Å². The zero-order chi connectivity index (χ0) is 41.6. The summed E-state index contributed by atoms with van der Waals surface area (Å²) >= 11 is 0. The lowest BCUT2D eigenvalue weighted by atomic mass is 10.0. The number of pyridine rings is 2. The fourth-order valence-electron chi connectivity index (χ4n) is 7.13. The van der Waals surface area contributed by atoms with E-state index in [1.807, 2.05) is 147 Å². The molecule has 2 amide bonds. The molecular formula is C50H42N4O6. The molecule has 60 heavy (non-hydrogen) atoms. The summed E-state index contributed by atoms with van der Waals surface area (Å²) in [5, 5.41) is 7.58. The topological polar surface area (TPSA) is 121 Å². The van der Waals surface area contributed by atoms with Gasteiger partial charge in [-0.05, 0) is 122 Å². The monoisotopic (exact) mass is 794 g/mol. The number of nitrogens with zero attached hydrogens (tertiary/aromatic N) is 2. The second kappa shape index (κ2) is 17.4. The molecule has 2 heterocycles. The minimum Gasteiger partial charge on any atom is -0.495 e. The van der Waals surface area contributed by atoms with E-state index in [-0.39, 0.29) is 11.8 Å². The van der Waals surface area contributed by atoms with Gasteiger partial charge in [0.15, 0.2) is 0 Å². The maximum Gasteiger partial charge on any atom is 0.256 e. The highest BCUT2D eigenvalue weighted by atomic mass is 16.5. The number of anilines is 2. The third kappa shape index (κ3) is 8.17. The number of para-hydroxylation sites is 2. The fraction of sp³-hybridized carbons (Fsp3) is 0.120. The number of amides is 2. The van der Waals surface area contributed by atoms with Crippen LogP contribution in [0.2, 0.25) is 0 Å². The van der Waals surface area contributed by atoms with Gasteiger partial charge >= 0.3 is 0 Å². The Balaban J connectivity index is 1.04. The average Bonchev–Trinajstić information content (AvgIpc) is 3.29. The molecule has 0 fully saturated rings. The van der Waals surface area contributed by atoms with Crippen LogP contribution in [-0.2, 0) is 0 Å². The smallest absolute Gasteiger partial charge is 0.256 e. The second-order valence-corrected chi connectivity index (χ2v) is 13.8. The lowest BCUT2D eigenvalue weighted by Crippen LogP contribution is -2.14. The number of hydrogen-bond acceptors (Lipinski definition) is 8. The first-order valence-electron chi connectivity index (χ1n) is 19.6. The van der Waals surface area contributed by atoms with Crippen LogP contribution in [0.5, 0.6) is 23.0 Å². The number of hydrogen-bond donors (Lipinski definition) is 2. The molecule has 0 aliphatic heterocycles. The summed E-state index contributed by atoms with van der Waals surface area (Å²) in [5.41, 5.74) is 8.04. The van der Waals surface area contributed by atoms with E-state index in [0.29, 0.717) is 69.6 Å². The maximum atomic E-state index is 14.0. The lowest BCUT2D eigenvalue weighted by molar-refractivity contribution is 0.102. The fourth-order valence-corrected chi connectivity index (χ4v) is 7.13. The van der Waals surface area contributed by atoms with E-state index < -0.39 is 0 Å². The molecule has 2 aromatic heterocycles. The van der Waals surface area contributed by atoms with Crippen molar-refractivity contribution >= 4 is 45.0 Å². The molecule has 0 radical (unpaired) electrons. The van der Waals surface area contributed by atoms with Gasteiger partial charge in [-0.25, -0.2) is 9.97 Å². The van der Waals surface area contributed by atoms with Gasteiger partial charge in [0.1, 0.15) is 23.0 Å². The van der Waals surface area contributed by atoms with Crippen molar-refractivity contribution in [3.8, 4) is 56.6 Å². The predicted molar refractivity (Wildman–Crippen MR) is 238 cm³/mol. The van der Waals surface area contributed by atoms with E-state index in [1.54, 1.807) is 26.4 Å². The van der Waals surface area contributed by atoms with E-state index in [4.69, 9.17) is 28.9 Å². The average molecular weight is 795 g/mol. The molecule has 0 aliphatic carbocycles. The number of rotatable bonds is 13. The minimum atomic E-state index is -0.304. The van der Waals surface area contributed by atoms with E-state index in [2.05, 4.69) is 10.6 Å². The molecule has 0 unspecified atom stereocenters. The van der Waals surface area contributed by atoms with Gasteiger partial charge < -0.3 is 29.6 Å². The minimum absolute atomic E-state index is 0.304. The van der Waals surface area contributed by atoms with Crippen LogP contribution >= 0.6 is 0 Å². The maximum absolute atomic E-state index is 14.0. The van der Waals surface area contributed by atoms with Crippen molar-refractivity contribution < 1.29 is 28.5 Å². The summed E-state index contributed by atoms with van der Waals surface area (Å²) in [7, 11) is 3.12. The van der Waals surface area contributed by atoms with E-state index in [9.17, 15) is 9.59 Å². The summed E-state index contributed by atoms with van der Waals surface area (Å²) in [6.45, 7) is 5.03. The molecule has 0 spiro atoms. The number of carbonyl (C=O) groups excluding carboxylic acids is 2. The van der Waals surface area contributed by atoms with E-state index in [0.717, 1.165) is 44.5 Å². The second-order valence-electron chi connectivity index (χ2n) is 13.8. The van der Waals surface area contributed by atoms with Crippen molar-refractivity contribution in [1.29, 1.82) is 0 Å². The Labute approximate surface area is 347 Å². The van der Waals surface area contributed by atoms with Gasteiger partial charge in [0.25, 0.3) is 11.8 Å². The molecule has 0 saturated carbocycles. The van der Waals surface area contributed by atoms with Crippen LogP contribution in [-0.4, -0.2) is 49.2 Å². The van der Waals surface area contributed by atoms with Gasteiger partial charge in [-0.1, -0.05) is 48.5 Å². The van der Waals surface area contributed by atoms with Crippen molar-refractivity contribution in [2.24, 2.45) is 0 Å². The van der Waals surface area contributed by atoms with Gasteiger partial charge in [-0.3, -0.25) is 9.59 Å². The van der Waals surface area contributed by atoms with Crippen molar-refractivity contribution in [1.82, 2.24) is 9.97 Å². The molecule has 0 bridgehead atoms. The quantitative estimate of drug-likeness (QED) is 0.118. The standard InChI is InChI=1S/C50H42N4O6/c1-5-59-35-21-15-31(16-22-35)45-29-39(37-11-7-9-13-41(37)51-45)49(55)53-43-25-19-33(27-47(43)57-3)34-20-26-44(48(28-34)58-4)54-50(56)40-30-46(52-42-14-10-8-12-38(40)42)32-17-23-36(24-18-32)60-6-2/h7-30H,5-6H2,1-4H3,(H,53,55)(H,54,56). The number of fused-ring (bicyclic) bond motifs is 2. The van der Waals surface area contributed by atoms with Crippen LogP contribution in [0.4, 0.5) is 11.4 Å². The van der Waals surface area contributed by atoms with Crippen LogP contribution in [0.1, 0.15) is 34.6 Å². The van der Waals surface area contributed by atoms with Gasteiger partial charge in [0.2, 0.25) is 0 Å². The highest BCUT2D eigenvalue weighted by Crippen LogP contribution is 2.37. The molecule has 0 saturated heterocycles. The van der Waals surface area contributed by atoms with Crippen LogP contribution < -0.4 is 29.6 Å². The molecule has 0 atom stereocenters. The SMILES string of the molecule is CCOc1ccc(-c2cc(C(=O)Nc3ccc(-c4ccc(NC(=O)c5cc(-c6ccc(OCC)cc6)nc6ccccc56)c(OC)c4)cc3OC)c3ccccc3n2)cc1. The summed E-state index contributed by atoms with van der Waals surface area (Å²) in [6, 6.07) is 45.2. The van der Waals surface area contributed by atoms with Crippen LogP contribution in [0.25, 0.3) is 55.4 Å². The van der Waals surface area contributed by atoms with Crippen molar-refractivity contribution in [3.05, 3.63) is 157 Å². The summed E-state index contributed by atoms with van der Waals surface area (Å²) in [4.78, 5) is 37.7. The molecule has 8 aromatic rings. The third-order valence-corrected chi connectivity index (χ3v) is 10.1. The number of ether oxygens (including phenoxy) is 4. The van der Waals surface area contributed by atoms with Gasteiger partial charge in [-0.15, -0.1) is 0 Å². The highest BCUT2D eigenvalue weighted by molar-refractivity contribution is 6.14. The summed E-state index contributed by atoms with van der Waals surface area (Å²) in [5.74, 6) is 1.86. The number of carbonyl (C=O) groups is 2. The molecule has 298 valence electrons. The molecule has 8 rings (SSSR count). The number of methoxy groups -OCH3 is 2. The van der Waals surface area contributed by atoms with Gasteiger partial charge in [0.05, 0.1) is 72.4 Å². The van der Waals surface area contributed by atoms with Crippen LogP contribution in [0.3, 0.4) is 0 Å². The number of benzene rings is 6. The Morgan fingerprint density at radius 2 is 0.867 bits per heavy atom. The summed E-state index contributed by atoms with van der Waals surface area (Å²) < 4.78 is 22.8. The Morgan fingerprint density at radius 1 is 0.483 bits per heavy atom.